The Morgan fingerprint density at radius 3 is 2.14 bits per heavy atom. The zero-order chi connectivity index (χ0) is 37.5. The van der Waals surface area contributed by atoms with Gasteiger partial charge < -0.3 is 24.4 Å². The Morgan fingerprint density at radius 1 is 0.863 bits per heavy atom. The topological polar surface area (TPSA) is 111 Å². The number of Topliss-reactive ketones (excluding diaryl/α,β-unsaturated/α-hetero) is 1. The molecule has 0 aromatic carbocycles. The number of esters is 1. The van der Waals surface area contributed by atoms with Gasteiger partial charge in [0, 0.05) is 50.6 Å². The van der Waals surface area contributed by atoms with Crippen molar-refractivity contribution in [1.29, 1.82) is 0 Å². The maximum Gasteiger partial charge on any atom is 0.410 e. The van der Waals surface area contributed by atoms with E-state index >= 15 is 0 Å². The van der Waals surface area contributed by atoms with Crippen LogP contribution in [0.1, 0.15) is 147 Å². The van der Waals surface area contributed by atoms with Crippen LogP contribution in [0.5, 0.6) is 0 Å². The van der Waals surface area contributed by atoms with Crippen molar-refractivity contribution in [1.82, 2.24) is 10.2 Å². The standard InChI is InChI=1S/C42H66N2O7/c1-25(2)33-29(46)24-42(43-35(47)50-27-16-22-44(23-17-27)36(48)51-37(4,5)6)21-20-40(10)28(34(33)42)12-13-31-39(9)18-15-32(49-26(3)45)38(7,8)30(39)14-19-41(31,40)11/h25,27,30-33H,12-24H2,1-11H3,(H,43,47)/t30?,31?,32-,33?,39-,40+,41+,42+/m0/s1. The monoisotopic (exact) mass is 710 g/mol. The summed E-state index contributed by atoms with van der Waals surface area (Å²) in [5.41, 5.74) is 1.34. The molecule has 3 unspecified atom stereocenters. The summed E-state index contributed by atoms with van der Waals surface area (Å²) in [6.07, 6.45) is 8.12. The minimum atomic E-state index is -0.719. The van der Waals surface area contributed by atoms with Crippen molar-refractivity contribution < 1.29 is 33.4 Å². The molecule has 51 heavy (non-hydrogen) atoms. The van der Waals surface area contributed by atoms with E-state index in [2.05, 4.69) is 53.8 Å². The van der Waals surface area contributed by atoms with Crippen molar-refractivity contribution in [2.24, 2.45) is 45.3 Å². The first-order valence-electron chi connectivity index (χ1n) is 20.0. The Kier molecular flexibility index (Phi) is 9.56. The highest BCUT2D eigenvalue weighted by molar-refractivity contribution is 5.92. The van der Waals surface area contributed by atoms with Gasteiger partial charge in [0.05, 0.1) is 5.54 Å². The lowest BCUT2D eigenvalue weighted by atomic mass is 9.34. The second kappa shape index (κ2) is 12.8. The molecule has 9 heteroatoms. The van der Waals surface area contributed by atoms with Crippen molar-refractivity contribution in [3.63, 3.8) is 0 Å². The molecular formula is C42H66N2O7. The molecule has 6 aliphatic rings. The zero-order valence-electron chi connectivity index (χ0n) is 33.5. The van der Waals surface area contributed by atoms with Crippen molar-refractivity contribution in [2.45, 2.75) is 170 Å². The Morgan fingerprint density at radius 2 is 1.53 bits per heavy atom. The van der Waals surface area contributed by atoms with Crippen LogP contribution in [0.2, 0.25) is 0 Å². The van der Waals surface area contributed by atoms with E-state index in [1.54, 1.807) is 4.90 Å². The summed E-state index contributed by atoms with van der Waals surface area (Å²) >= 11 is 0. The predicted molar refractivity (Wildman–Crippen MR) is 196 cm³/mol. The highest BCUT2D eigenvalue weighted by Crippen LogP contribution is 2.75. The predicted octanol–water partition coefficient (Wildman–Crippen LogP) is 8.78. The number of likely N-dealkylation sites (tertiary alicyclic amines) is 1. The fourth-order valence-corrected chi connectivity index (χ4v) is 12.9. The highest BCUT2D eigenvalue weighted by atomic mass is 16.6. The van der Waals surface area contributed by atoms with E-state index in [-0.39, 0.29) is 63.5 Å². The number of hydrogen-bond donors (Lipinski definition) is 1. The highest BCUT2D eigenvalue weighted by Gasteiger charge is 2.69. The quantitative estimate of drug-likeness (QED) is 0.176. The SMILES string of the molecule is CC(=O)O[C@H]1CC[C@@]2(C)C(CC[C@]3(C)C2CCC2=C4C(C(C)C)C(=O)C[C@]4(NC(=O)OC4CCN(C(=O)OC(C)(C)C)CC4)CC[C@]23C)C1(C)C. The van der Waals surface area contributed by atoms with Crippen LogP contribution < -0.4 is 5.32 Å². The number of hydrogen-bond acceptors (Lipinski definition) is 7. The first kappa shape index (κ1) is 38.2. The summed E-state index contributed by atoms with van der Waals surface area (Å²) in [6.45, 7) is 24.6. The molecule has 0 bridgehead atoms. The van der Waals surface area contributed by atoms with Gasteiger partial charge in [-0.3, -0.25) is 9.59 Å². The first-order chi connectivity index (χ1) is 23.6. The van der Waals surface area contributed by atoms with Gasteiger partial charge in [-0.05, 0) is 112 Å². The van der Waals surface area contributed by atoms with E-state index in [4.69, 9.17) is 14.2 Å². The van der Waals surface area contributed by atoms with E-state index in [1.807, 2.05) is 20.8 Å². The summed E-state index contributed by atoms with van der Waals surface area (Å²) in [7, 11) is 0. The average Bonchev–Trinajstić information content (AvgIpc) is 3.30. The molecule has 5 fully saturated rings. The van der Waals surface area contributed by atoms with Gasteiger partial charge in [0.1, 0.15) is 23.6 Å². The normalized spacial score (nSPS) is 39.4. The number of ether oxygens (including phenoxy) is 3. The lowest BCUT2D eigenvalue weighted by Crippen LogP contribution is -2.65. The molecule has 8 atom stereocenters. The Hall–Kier alpha value is -2.58. The molecule has 286 valence electrons. The van der Waals surface area contributed by atoms with Gasteiger partial charge >= 0.3 is 18.2 Å². The number of rotatable bonds is 4. The minimum absolute atomic E-state index is 0.0468. The largest absolute Gasteiger partial charge is 0.462 e. The van der Waals surface area contributed by atoms with Gasteiger partial charge in [-0.25, -0.2) is 9.59 Å². The third-order valence-electron chi connectivity index (χ3n) is 15.3. The van der Waals surface area contributed by atoms with Crippen LogP contribution in [0.3, 0.4) is 0 Å². The van der Waals surface area contributed by atoms with Crippen molar-refractivity contribution in [3.8, 4) is 0 Å². The van der Waals surface area contributed by atoms with E-state index in [0.29, 0.717) is 44.2 Å². The van der Waals surface area contributed by atoms with Crippen molar-refractivity contribution in [2.75, 3.05) is 13.1 Å². The fraction of sp³-hybridized carbons (Fsp3) is 0.857. The third-order valence-corrected chi connectivity index (χ3v) is 15.3. The average molecular weight is 711 g/mol. The summed E-state index contributed by atoms with van der Waals surface area (Å²) in [5, 5.41) is 3.35. The number of nitrogens with one attached hydrogen (secondary N) is 1. The molecule has 6 rings (SSSR count). The van der Waals surface area contributed by atoms with Crippen molar-refractivity contribution >= 4 is 23.9 Å². The zero-order valence-corrected chi connectivity index (χ0v) is 33.5. The number of piperidine rings is 1. The molecule has 0 radical (unpaired) electrons. The number of fused-ring (bicyclic) bond motifs is 6. The van der Waals surface area contributed by atoms with Gasteiger partial charge in [0.15, 0.2) is 0 Å². The number of carbonyl (C=O) groups is 4. The first-order valence-corrected chi connectivity index (χ1v) is 20.0. The van der Waals surface area contributed by atoms with E-state index in [9.17, 15) is 19.2 Å². The van der Waals surface area contributed by atoms with E-state index < -0.39 is 17.2 Å². The molecule has 4 saturated carbocycles. The van der Waals surface area contributed by atoms with Crippen LogP contribution in [0, 0.1) is 45.3 Å². The Balaban J connectivity index is 1.25. The minimum Gasteiger partial charge on any atom is -0.462 e. The molecule has 0 spiro atoms. The van der Waals surface area contributed by atoms with Crippen LogP contribution in [0.25, 0.3) is 0 Å². The lowest BCUT2D eigenvalue weighted by molar-refractivity contribution is -0.212. The molecule has 1 heterocycles. The fourth-order valence-electron chi connectivity index (χ4n) is 12.9. The van der Waals surface area contributed by atoms with E-state index in [1.165, 1.54) is 18.1 Å². The smallest absolute Gasteiger partial charge is 0.410 e. The number of amides is 2. The molecule has 1 N–H and O–H groups in total. The summed E-state index contributed by atoms with van der Waals surface area (Å²) in [6, 6.07) is 0. The second-order valence-electron chi connectivity index (χ2n) is 19.9. The van der Waals surface area contributed by atoms with Crippen LogP contribution in [0.4, 0.5) is 9.59 Å². The number of allylic oxidation sites excluding steroid dienone is 1. The molecular weight excluding hydrogens is 644 g/mol. The van der Waals surface area contributed by atoms with Crippen molar-refractivity contribution in [3.05, 3.63) is 11.1 Å². The number of carbonyl (C=O) groups excluding carboxylic acids is 4. The molecule has 0 aromatic heterocycles. The van der Waals surface area contributed by atoms with Gasteiger partial charge in [0.25, 0.3) is 0 Å². The van der Waals surface area contributed by atoms with Gasteiger partial charge in [0.2, 0.25) is 0 Å². The van der Waals surface area contributed by atoms with E-state index in [0.717, 1.165) is 51.4 Å². The molecule has 1 saturated heterocycles. The van der Waals surface area contributed by atoms with Gasteiger partial charge in [-0.1, -0.05) is 54.0 Å². The van der Waals surface area contributed by atoms with Gasteiger partial charge in [-0.15, -0.1) is 0 Å². The number of nitrogens with zero attached hydrogens (tertiary/aromatic N) is 1. The second-order valence-corrected chi connectivity index (χ2v) is 19.9. The molecule has 5 aliphatic carbocycles. The molecule has 2 amide bonds. The van der Waals surface area contributed by atoms with Crippen LogP contribution in [-0.2, 0) is 23.8 Å². The third kappa shape index (κ3) is 6.22. The molecule has 9 nitrogen and oxygen atoms in total. The maximum atomic E-state index is 14.0. The Bertz CT molecular complexity index is 1470. The molecule has 0 aromatic rings. The van der Waals surface area contributed by atoms with Gasteiger partial charge in [-0.2, -0.15) is 0 Å². The summed E-state index contributed by atoms with van der Waals surface area (Å²) in [5.74, 6) is 0.956. The Labute approximate surface area is 306 Å². The molecule has 1 aliphatic heterocycles. The summed E-state index contributed by atoms with van der Waals surface area (Å²) in [4.78, 5) is 54.1. The number of ketones is 1. The summed E-state index contributed by atoms with van der Waals surface area (Å²) < 4.78 is 17.5. The van der Waals surface area contributed by atoms with Crippen LogP contribution in [0.15, 0.2) is 11.1 Å². The number of alkyl carbamates (subject to hydrolysis) is 1. The van der Waals surface area contributed by atoms with Crippen LogP contribution >= 0.6 is 0 Å². The van der Waals surface area contributed by atoms with Crippen LogP contribution in [-0.4, -0.2) is 65.3 Å². The maximum absolute atomic E-state index is 14.0. The lowest BCUT2D eigenvalue weighted by Gasteiger charge is -2.70.